The predicted molar refractivity (Wildman–Crippen MR) is 53.4 cm³/mol. The number of fused-ring (bicyclic) bond motifs is 1. The van der Waals surface area contributed by atoms with Crippen molar-refractivity contribution in [1.29, 1.82) is 0 Å². The second-order valence-corrected chi connectivity index (χ2v) is 5.06. The normalized spacial score (nSPS) is 17.7. The first-order valence-corrected chi connectivity index (χ1v) is 5.77. The molecule has 0 fully saturated rings. The maximum atomic E-state index is 11.6. The molecule has 1 heterocycles. The highest BCUT2D eigenvalue weighted by Crippen LogP contribution is 2.34. The third kappa shape index (κ3) is 1.19. The largest absolute Gasteiger partial charge is 0.392 e. The average molecular weight is 210 g/mol. The van der Waals surface area contributed by atoms with Crippen LogP contribution in [0.1, 0.15) is 11.1 Å². The molecule has 0 bridgehead atoms. The molecule has 1 N–H and O–H groups in total. The van der Waals surface area contributed by atoms with E-state index in [1.54, 1.807) is 12.1 Å². The van der Waals surface area contributed by atoms with Crippen LogP contribution in [0.5, 0.6) is 0 Å². The molecule has 0 unspecified atom stereocenters. The SMILES string of the molecule is Cc1cccc2c1C(CO)=CS2(=O)=O. The first-order valence-electron chi connectivity index (χ1n) is 4.23. The summed E-state index contributed by atoms with van der Waals surface area (Å²) >= 11 is 0. The molecule has 2 rings (SSSR count). The number of benzene rings is 1. The van der Waals surface area contributed by atoms with Crippen molar-refractivity contribution < 1.29 is 13.5 Å². The smallest absolute Gasteiger partial charge is 0.200 e. The van der Waals surface area contributed by atoms with Crippen LogP contribution in [0.4, 0.5) is 0 Å². The molecule has 4 heteroatoms. The molecule has 0 spiro atoms. The lowest BCUT2D eigenvalue weighted by molar-refractivity contribution is 0.350. The number of aliphatic hydroxyl groups excluding tert-OH is 1. The Labute approximate surface area is 82.6 Å². The Morgan fingerprint density at radius 3 is 2.71 bits per heavy atom. The van der Waals surface area contributed by atoms with Gasteiger partial charge in [0.25, 0.3) is 0 Å². The van der Waals surface area contributed by atoms with Gasteiger partial charge in [-0.1, -0.05) is 12.1 Å². The van der Waals surface area contributed by atoms with Crippen LogP contribution in [-0.2, 0) is 9.84 Å². The quantitative estimate of drug-likeness (QED) is 0.755. The van der Waals surface area contributed by atoms with Gasteiger partial charge < -0.3 is 5.11 Å². The maximum absolute atomic E-state index is 11.6. The minimum absolute atomic E-state index is 0.239. The Bertz CT molecular complexity index is 512. The fourth-order valence-electron chi connectivity index (χ4n) is 1.72. The van der Waals surface area contributed by atoms with Crippen molar-refractivity contribution in [2.24, 2.45) is 0 Å². The van der Waals surface area contributed by atoms with Gasteiger partial charge in [-0.2, -0.15) is 0 Å². The highest BCUT2D eigenvalue weighted by Gasteiger charge is 2.27. The molecule has 0 amide bonds. The Balaban J connectivity index is 2.82. The fourth-order valence-corrected chi connectivity index (χ4v) is 3.25. The average Bonchev–Trinajstić information content (AvgIpc) is 2.40. The van der Waals surface area contributed by atoms with Crippen molar-refractivity contribution in [3.8, 4) is 0 Å². The number of aliphatic hydroxyl groups is 1. The summed E-state index contributed by atoms with van der Waals surface area (Å²) in [6.07, 6.45) is 0. The van der Waals surface area contributed by atoms with Crippen LogP contribution in [-0.4, -0.2) is 20.1 Å². The summed E-state index contributed by atoms with van der Waals surface area (Å²) in [5.74, 6) is 0. The summed E-state index contributed by atoms with van der Waals surface area (Å²) in [6, 6.07) is 5.11. The van der Waals surface area contributed by atoms with Gasteiger partial charge in [-0.3, -0.25) is 0 Å². The van der Waals surface area contributed by atoms with Gasteiger partial charge in [-0.05, 0) is 24.1 Å². The summed E-state index contributed by atoms with van der Waals surface area (Å²) in [5.41, 5.74) is 2.02. The number of aryl methyl sites for hydroxylation is 1. The number of sulfone groups is 1. The van der Waals surface area contributed by atoms with E-state index < -0.39 is 9.84 Å². The van der Waals surface area contributed by atoms with E-state index in [4.69, 9.17) is 5.11 Å². The van der Waals surface area contributed by atoms with Crippen molar-refractivity contribution in [3.05, 3.63) is 34.7 Å². The molecule has 1 aliphatic rings. The summed E-state index contributed by atoms with van der Waals surface area (Å²) in [5, 5.41) is 10.2. The van der Waals surface area contributed by atoms with Crippen molar-refractivity contribution >= 4 is 15.4 Å². The van der Waals surface area contributed by atoms with Gasteiger partial charge in [0.2, 0.25) is 9.84 Å². The lowest BCUT2D eigenvalue weighted by Crippen LogP contribution is -1.95. The van der Waals surface area contributed by atoms with Gasteiger partial charge in [0.05, 0.1) is 11.5 Å². The molecular formula is C10H10O3S. The summed E-state index contributed by atoms with van der Waals surface area (Å²) in [6.45, 7) is 1.60. The van der Waals surface area contributed by atoms with Crippen LogP contribution in [0.3, 0.4) is 0 Å². The van der Waals surface area contributed by atoms with Crippen molar-refractivity contribution in [2.45, 2.75) is 11.8 Å². The standard InChI is InChI=1S/C10H10O3S/c1-7-3-2-4-9-10(7)8(5-11)6-14(9,12)13/h2-4,6,11H,5H2,1H3. The Kier molecular flexibility index (Phi) is 1.97. The molecule has 0 atom stereocenters. The van der Waals surface area contributed by atoms with Gasteiger partial charge in [-0.25, -0.2) is 8.42 Å². The molecule has 1 aromatic carbocycles. The van der Waals surface area contributed by atoms with Gasteiger partial charge in [-0.15, -0.1) is 0 Å². The van der Waals surface area contributed by atoms with Crippen LogP contribution >= 0.6 is 0 Å². The van der Waals surface area contributed by atoms with Crippen molar-refractivity contribution in [2.75, 3.05) is 6.61 Å². The van der Waals surface area contributed by atoms with Crippen LogP contribution in [0.15, 0.2) is 28.5 Å². The topological polar surface area (TPSA) is 54.4 Å². The van der Waals surface area contributed by atoms with E-state index in [9.17, 15) is 8.42 Å². The highest BCUT2D eigenvalue weighted by molar-refractivity contribution is 7.95. The van der Waals surface area contributed by atoms with Gasteiger partial charge in [0, 0.05) is 11.0 Å². The van der Waals surface area contributed by atoms with Gasteiger partial charge in [0.15, 0.2) is 0 Å². The second-order valence-electron chi connectivity index (χ2n) is 3.29. The Morgan fingerprint density at radius 1 is 1.36 bits per heavy atom. The van der Waals surface area contributed by atoms with Gasteiger partial charge in [0.1, 0.15) is 0 Å². The van der Waals surface area contributed by atoms with Crippen molar-refractivity contribution in [3.63, 3.8) is 0 Å². The van der Waals surface area contributed by atoms with E-state index in [-0.39, 0.29) is 6.61 Å². The highest BCUT2D eigenvalue weighted by atomic mass is 32.2. The third-order valence-corrected chi connectivity index (χ3v) is 3.88. The number of hydrogen-bond acceptors (Lipinski definition) is 3. The molecule has 0 saturated heterocycles. The second kappa shape index (κ2) is 2.93. The molecule has 0 saturated carbocycles. The summed E-state index contributed by atoms with van der Waals surface area (Å²) in [4.78, 5) is 0.307. The molecular weight excluding hydrogens is 200 g/mol. The van der Waals surface area contributed by atoms with Crippen LogP contribution in [0.25, 0.3) is 5.57 Å². The van der Waals surface area contributed by atoms with E-state index >= 15 is 0 Å². The maximum Gasteiger partial charge on any atom is 0.200 e. The zero-order chi connectivity index (χ0) is 10.3. The van der Waals surface area contributed by atoms with Crippen LogP contribution in [0, 0.1) is 6.92 Å². The molecule has 3 nitrogen and oxygen atoms in total. The fraction of sp³-hybridized carbons (Fsp3) is 0.200. The van der Waals surface area contributed by atoms with Crippen LogP contribution in [0.2, 0.25) is 0 Å². The zero-order valence-corrected chi connectivity index (χ0v) is 8.50. The third-order valence-electron chi connectivity index (χ3n) is 2.33. The number of hydrogen-bond donors (Lipinski definition) is 1. The lowest BCUT2D eigenvalue weighted by atomic mass is 10.0. The van der Waals surface area contributed by atoms with Crippen LogP contribution < -0.4 is 0 Å². The summed E-state index contributed by atoms with van der Waals surface area (Å²) < 4.78 is 23.2. The molecule has 0 radical (unpaired) electrons. The van der Waals surface area contributed by atoms with E-state index in [1.165, 1.54) is 0 Å². The van der Waals surface area contributed by atoms with E-state index in [2.05, 4.69) is 0 Å². The molecule has 1 aliphatic heterocycles. The van der Waals surface area contributed by atoms with Crippen molar-refractivity contribution in [1.82, 2.24) is 0 Å². The Morgan fingerprint density at radius 2 is 2.07 bits per heavy atom. The number of rotatable bonds is 1. The monoisotopic (exact) mass is 210 g/mol. The molecule has 74 valence electrons. The minimum atomic E-state index is -3.31. The first kappa shape index (κ1) is 9.43. The Hall–Kier alpha value is -1.13. The predicted octanol–water partition coefficient (Wildman–Crippen LogP) is 1.12. The minimum Gasteiger partial charge on any atom is -0.392 e. The van der Waals surface area contributed by atoms with E-state index in [1.807, 2.05) is 13.0 Å². The summed E-state index contributed by atoms with van der Waals surface area (Å²) in [7, 11) is -3.31. The molecule has 0 aromatic heterocycles. The first-order chi connectivity index (χ1) is 6.56. The zero-order valence-electron chi connectivity index (χ0n) is 7.69. The molecule has 1 aromatic rings. The van der Waals surface area contributed by atoms with E-state index in [0.717, 1.165) is 11.0 Å². The molecule has 0 aliphatic carbocycles. The lowest BCUT2D eigenvalue weighted by Gasteiger charge is -2.04. The van der Waals surface area contributed by atoms with Gasteiger partial charge >= 0.3 is 0 Å². The van der Waals surface area contributed by atoms with E-state index in [0.29, 0.717) is 16.0 Å². The molecule has 14 heavy (non-hydrogen) atoms.